The zero-order valence-corrected chi connectivity index (χ0v) is 9.61. The van der Waals surface area contributed by atoms with Crippen molar-refractivity contribution in [3.63, 3.8) is 0 Å². The predicted octanol–water partition coefficient (Wildman–Crippen LogP) is 1.07. The van der Waals surface area contributed by atoms with Gasteiger partial charge in [0.15, 0.2) is 0 Å². The Bertz CT molecular complexity index is 294. The first-order valence-corrected chi connectivity index (χ1v) is 5.43. The van der Waals surface area contributed by atoms with E-state index in [-0.39, 0.29) is 6.61 Å². The molecule has 0 fully saturated rings. The van der Waals surface area contributed by atoms with Crippen LogP contribution in [0.5, 0.6) is 0 Å². The molecule has 0 saturated heterocycles. The quantitative estimate of drug-likeness (QED) is 0.692. The summed E-state index contributed by atoms with van der Waals surface area (Å²) < 4.78 is 1.99. The fraction of sp³-hybridized carbons (Fsp3) is 0.727. The van der Waals surface area contributed by atoms with Crippen molar-refractivity contribution in [1.82, 2.24) is 9.78 Å². The van der Waals surface area contributed by atoms with Gasteiger partial charge in [0, 0.05) is 24.0 Å². The summed E-state index contributed by atoms with van der Waals surface area (Å²) >= 11 is 0. The molecule has 0 amide bonds. The molecule has 1 atom stereocenters. The molecule has 4 heteroatoms. The first-order valence-electron chi connectivity index (χ1n) is 5.43. The van der Waals surface area contributed by atoms with Crippen LogP contribution in [0.3, 0.4) is 0 Å². The molecule has 86 valence electrons. The Morgan fingerprint density at radius 2 is 2.27 bits per heavy atom. The molecule has 0 aliphatic rings. The number of aliphatic hydroxyl groups is 1. The molecule has 15 heavy (non-hydrogen) atoms. The van der Waals surface area contributed by atoms with E-state index in [1.54, 1.807) is 0 Å². The lowest BCUT2D eigenvalue weighted by Gasteiger charge is -2.21. The van der Waals surface area contributed by atoms with Gasteiger partial charge in [0.05, 0.1) is 6.61 Å². The number of aromatic nitrogens is 2. The average molecular weight is 211 g/mol. The lowest BCUT2D eigenvalue weighted by Crippen LogP contribution is -2.39. The number of rotatable bonds is 6. The van der Waals surface area contributed by atoms with Crippen molar-refractivity contribution in [2.24, 2.45) is 5.73 Å². The lowest BCUT2D eigenvalue weighted by molar-refractivity contribution is 0.197. The van der Waals surface area contributed by atoms with Crippen molar-refractivity contribution in [3.8, 4) is 0 Å². The van der Waals surface area contributed by atoms with Gasteiger partial charge in [0.1, 0.15) is 0 Å². The molecule has 0 saturated carbocycles. The van der Waals surface area contributed by atoms with E-state index in [0.29, 0.717) is 0 Å². The third kappa shape index (κ3) is 4.01. The van der Waals surface area contributed by atoms with Crippen LogP contribution in [-0.2, 0) is 6.54 Å². The summed E-state index contributed by atoms with van der Waals surface area (Å²) in [5.41, 5.74) is 6.59. The van der Waals surface area contributed by atoms with Crippen LogP contribution >= 0.6 is 0 Å². The second kappa shape index (κ2) is 5.28. The molecule has 4 nitrogen and oxygen atoms in total. The molecule has 1 unspecified atom stereocenters. The van der Waals surface area contributed by atoms with Gasteiger partial charge in [-0.3, -0.25) is 4.68 Å². The molecule has 0 aliphatic heterocycles. The van der Waals surface area contributed by atoms with Crippen molar-refractivity contribution < 1.29 is 5.11 Å². The second-order valence-electron chi connectivity index (χ2n) is 4.46. The van der Waals surface area contributed by atoms with Crippen molar-refractivity contribution in [2.75, 3.05) is 6.61 Å². The number of nitrogens with zero attached hydrogens (tertiary/aromatic N) is 2. The van der Waals surface area contributed by atoms with Crippen LogP contribution in [0.25, 0.3) is 0 Å². The summed E-state index contributed by atoms with van der Waals surface area (Å²) in [5.74, 6) is 0. The smallest absolute Gasteiger partial charge is 0.0608 e. The highest BCUT2D eigenvalue weighted by molar-refractivity contribution is 4.96. The maximum Gasteiger partial charge on any atom is 0.0608 e. The minimum atomic E-state index is -0.431. The Morgan fingerprint density at radius 1 is 1.53 bits per heavy atom. The van der Waals surface area contributed by atoms with Crippen molar-refractivity contribution in [2.45, 2.75) is 45.2 Å². The zero-order chi connectivity index (χ0) is 11.3. The summed E-state index contributed by atoms with van der Waals surface area (Å²) in [6.07, 6.45) is 4.74. The number of nitrogens with two attached hydrogens (primary N) is 1. The van der Waals surface area contributed by atoms with Gasteiger partial charge < -0.3 is 10.8 Å². The molecule has 0 radical (unpaired) electrons. The van der Waals surface area contributed by atoms with Crippen molar-refractivity contribution in [1.29, 1.82) is 0 Å². The third-order valence-electron chi connectivity index (χ3n) is 2.66. The minimum Gasteiger partial charge on any atom is -0.394 e. The van der Waals surface area contributed by atoms with E-state index in [1.165, 1.54) is 5.69 Å². The summed E-state index contributed by atoms with van der Waals surface area (Å²) in [4.78, 5) is 0. The van der Waals surface area contributed by atoms with Crippen LogP contribution in [0, 0.1) is 6.92 Å². The number of aliphatic hydroxyl groups excluding tert-OH is 1. The Balaban J connectivity index is 2.20. The Hall–Kier alpha value is -0.870. The van der Waals surface area contributed by atoms with Crippen LogP contribution < -0.4 is 5.73 Å². The molecule has 0 aliphatic carbocycles. The van der Waals surface area contributed by atoms with E-state index < -0.39 is 5.54 Å². The summed E-state index contributed by atoms with van der Waals surface area (Å²) in [5, 5.41) is 13.2. The summed E-state index contributed by atoms with van der Waals surface area (Å²) in [6.45, 7) is 4.91. The second-order valence-corrected chi connectivity index (χ2v) is 4.46. The zero-order valence-electron chi connectivity index (χ0n) is 9.61. The highest BCUT2D eigenvalue weighted by Gasteiger charge is 2.15. The van der Waals surface area contributed by atoms with Crippen LogP contribution in [0.4, 0.5) is 0 Å². The highest BCUT2D eigenvalue weighted by Crippen LogP contribution is 2.10. The summed E-state index contributed by atoms with van der Waals surface area (Å²) in [7, 11) is 0. The van der Waals surface area contributed by atoms with E-state index in [2.05, 4.69) is 5.10 Å². The lowest BCUT2D eigenvalue weighted by atomic mass is 9.97. The monoisotopic (exact) mass is 211 g/mol. The summed E-state index contributed by atoms with van der Waals surface area (Å²) in [6, 6.07) is 2.00. The topological polar surface area (TPSA) is 64.1 Å². The molecular formula is C11H21N3O. The third-order valence-corrected chi connectivity index (χ3v) is 2.66. The van der Waals surface area contributed by atoms with E-state index in [9.17, 15) is 0 Å². The molecule has 1 heterocycles. The van der Waals surface area contributed by atoms with Gasteiger partial charge in [-0.05, 0) is 39.2 Å². The molecule has 0 bridgehead atoms. The number of unbranched alkanes of at least 4 members (excludes halogenated alkanes) is 1. The standard InChI is InChI=1S/C11H21N3O/c1-10-5-7-13-14(10)8-4-3-6-11(2,12)9-15/h5,7,15H,3-4,6,8-9,12H2,1-2H3. The first-order chi connectivity index (χ1) is 7.05. The maximum atomic E-state index is 8.98. The van der Waals surface area contributed by atoms with Gasteiger partial charge in [0.2, 0.25) is 0 Å². The molecule has 0 aromatic carbocycles. The van der Waals surface area contributed by atoms with Gasteiger partial charge in [-0.25, -0.2) is 0 Å². The van der Waals surface area contributed by atoms with E-state index in [0.717, 1.165) is 25.8 Å². The van der Waals surface area contributed by atoms with Crippen LogP contribution in [0.1, 0.15) is 31.9 Å². The SMILES string of the molecule is Cc1ccnn1CCCCC(C)(N)CO. The molecular weight excluding hydrogens is 190 g/mol. The van der Waals surface area contributed by atoms with Gasteiger partial charge in [-0.1, -0.05) is 0 Å². The molecule has 0 spiro atoms. The minimum absolute atomic E-state index is 0.0494. The Labute approximate surface area is 91.1 Å². The van der Waals surface area contributed by atoms with E-state index >= 15 is 0 Å². The fourth-order valence-corrected chi connectivity index (χ4v) is 1.50. The average Bonchev–Trinajstić information content (AvgIpc) is 2.59. The number of hydrogen-bond donors (Lipinski definition) is 2. The van der Waals surface area contributed by atoms with Crippen LogP contribution in [-0.4, -0.2) is 27.0 Å². The Morgan fingerprint density at radius 3 is 2.80 bits per heavy atom. The maximum absolute atomic E-state index is 8.98. The van der Waals surface area contributed by atoms with E-state index in [4.69, 9.17) is 10.8 Å². The van der Waals surface area contributed by atoms with Gasteiger partial charge >= 0.3 is 0 Å². The van der Waals surface area contributed by atoms with Crippen molar-refractivity contribution in [3.05, 3.63) is 18.0 Å². The number of aryl methyl sites for hydroxylation is 2. The predicted molar refractivity (Wildman–Crippen MR) is 60.5 cm³/mol. The van der Waals surface area contributed by atoms with Crippen molar-refractivity contribution >= 4 is 0 Å². The van der Waals surface area contributed by atoms with Gasteiger partial charge in [-0.2, -0.15) is 5.10 Å². The number of hydrogen-bond acceptors (Lipinski definition) is 3. The molecule has 3 N–H and O–H groups in total. The van der Waals surface area contributed by atoms with Gasteiger partial charge in [-0.15, -0.1) is 0 Å². The molecule has 1 aromatic rings. The first kappa shape index (κ1) is 12.2. The largest absolute Gasteiger partial charge is 0.394 e. The fourth-order valence-electron chi connectivity index (χ4n) is 1.50. The highest BCUT2D eigenvalue weighted by atomic mass is 16.3. The molecule has 1 aromatic heterocycles. The Kier molecular flexibility index (Phi) is 4.29. The van der Waals surface area contributed by atoms with Crippen LogP contribution in [0.2, 0.25) is 0 Å². The van der Waals surface area contributed by atoms with Gasteiger partial charge in [0.25, 0.3) is 0 Å². The molecule has 1 rings (SSSR count). The normalized spacial score (nSPS) is 15.2. The van der Waals surface area contributed by atoms with E-state index in [1.807, 2.05) is 30.8 Å². The van der Waals surface area contributed by atoms with Crippen LogP contribution in [0.15, 0.2) is 12.3 Å².